The molecule has 2 aromatic carbocycles. The highest BCUT2D eigenvalue weighted by Gasteiger charge is 2.12. The van der Waals surface area contributed by atoms with E-state index in [1.54, 1.807) is 30.3 Å². The second kappa shape index (κ2) is 7.90. The number of hydrogen-bond donors (Lipinski definition) is 2. The lowest BCUT2D eigenvalue weighted by atomic mass is 10.2. The monoisotopic (exact) mass is 333 g/mol. The van der Waals surface area contributed by atoms with Crippen molar-refractivity contribution in [3.63, 3.8) is 0 Å². The summed E-state index contributed by atoms with van der Waals surface area (Å²) in [7, 11) is 0. The summed E-state index contributed by atoms with van der Waals surface area (Å²) in [5, 5.41) is 34.0. The molecule has 1 amide bonds. The molecule has 0 aliphatic heterocycles. The van der Waals surface area contributed by atoms with E-state index in [9.17, 15) is 14.9 Å². The van der Waals surface area contributed by atoms with Gasteiger partial charge in [-0.15, -0.1) is 0 Å². The SMILES string of the molecule is N#C/C(=C/Nc1ccccc1C#N)C(=O)Nc1cccc([N+](=O)[O-])c1. The number of hydrogen-bond acceptors (Lipinski definition) is 6. The van der Waals surface area contributed by atoms with Crippen LogP contribution in [0.2, 0.25) is 0 Å². The van der Waals surface area contributed by atoms with E-state index < -0.39 is 10.8 Å². The van der Waals surface area contributed by atoms with Crippen LogP contribution in [0.25, 0.3) is 0 Å². The van der Waals surface area contributed by atoms with E-state index in [-0.39, 0.29) is 16.9 Å². The summed E-state index contributed by atoms with van der Waals surface area (Å²) in [5.41, 5.74) is 0.564. The molecule has 8 nitrogen and oxygen atoms in total. The van der Waals surface area contributed by atoms with Crippen LogP contribution in [-0.2, 0) is 4.79 Å². The molecule has 0 radical (unpaired) electrons. The molecule has 0 heterocycles. The molecular weight excluding hydrogens is 322 g/mol. The van der Waals surface area contributed by atoms with Crippen LogP contribution in [0.4, 0.5) is 17.1 Å². The molecule has 0 fully saturated rings. The Bertz CT molecular complexity index is 938. The molecule has 0 aliphatic carbocycles. The van der Waals surface area contributed by atoms with Crippen LogP contribution in [0.3, 0.4) is 0 Å². The average molecular weight is 333 g/mol. The number of nitrogens with one attached hydrogen (secondary N) is 2. The minimum atomic E-state index is -0.732. The third-order valence-electron chi connectivity index (χ3n) is 3.10. The number of para-hydroxylation sites is 1. The van der Waals surface area contributed by atoms with E-state index in [0.717, 1.165) is 0 Å². The van der Waals surface area contributed by atoms with Crippen molar-refractivity contribution in [2.75, 3.05) is 10.6 Å². The molecule has 0 bridgehead atoms. The molecule has 0 spiro atoms. The van der Waals surface area contributed by atoms with Gasteiger partial charge in [-0.05, 0) is 18.2 Å². The second-order valence-corrected chi connectivity index (χ2v) is 4.73. The molecule has 2 N–H and O–H groups in total. The molecule has 122 valence electrons. The van der Waals surface area contributed by atoms with Crippen LogP contribution in [0.15, 0.2) is 60.3 Å². The zero-order valence-corrected chi connectivity index (χ0v) is 12.8. The van der Waals surface area contributed by atoms with Gasteiger partial charge in [0.05, 0.1) is 16.2 Å². The fraction of sp³-hybridized carbons (Fsp3) is 0. The number of anilines is 2. The van der Waals surface area contributed by atoms with Crippen molar-refractivity contribution in [2.24, 2.45) is 0 Å². The lowest BCUT2D eigenvalue weighted by Gasteiger charge is -2.06. The molecular formula is C17H11N5O3. The number of amides is 1. The Kier molecular flexibility index (Phi) is 5.43. The van der Waals surface area contributed by atoms with E-state index in [0.29, 0.717) is 11.3 Å². The van der Waals surface area contributed by atoms with Crippen LogP contribution in [0.1, 0.15) is 5.56 Å². The summed E-state index contributed by atoms with van der Waals surface area (Å²) < 4.78 is 0. The second-order valence-electron chi connectivity index (χ2n) is 4.73. The van der Waals surface area contributed by atoms with Gasteiger partial charge < -0.3 is 10.6 Å². The van der Waals surface area contributed by atoms with Gasteiger partial charge in [-0.2, -0.15) is 10.5 Å². The predicted molar refractivity (Wildman–Crippen MR) is 90.2 cm³/mol. The molecule has 2 rings (SSSR count). The normalized spacial score (nSPS) is 10.2. The number of rotatable bonds is 5. The van der Waals surface area contributed by atoms with E-state index in [1.807, 2.05) is 6.07 Å². The molecule has 0 saturated carbocycles. The molecule has 0 aliphatic rings. The summed E-state index contributed by atoms with van der Waals surface area (Å²) in [6.45, 7) is 0. The number of nitro benzene ring substituents is 1. The molecule has 8 heteroatoms. The summed E-state index contributed by atoms with van der Waals surface area (Å²) in [5.74, 6) is -0.732. The molecule has 0 unspecified atom stereocenters. The summed E-state index contributed by atoms with van der Waals surface area (Å²) in [4.78, 5) is 22.3. The first-order chi connectivity index (χ1) is 12.0. The van der Waals surface area contributed by atoms with Gasteiger partial charge in [0, 0.05) is 24.0 Å². The maximum absolute atomic E-state index is 12.1. The third-order valence-corrected chi connectivity index (χ3v) is 3.10. The Morgan fingerprint density at radius 3 is 2.60 bits per heavy atom. The van der Waals surface area contributed by atoms with Crippen LogP contribution in [-0.4, -0.2) is 10.8 Å². The fourth-order valence-corrected chi connectivity index (χ4v) is 1.90. The Morgan fingerprint density at radius 1 is 1.16 bits per heavy atom. The number of benzene rings is 2. The van der Waals surface area contributed by atoms with Gasteiger partial charge in [-0.1, -0.05) is 18.2 Å². The lowest BCUT2D eigenvalue weighted by Crippen LogP contribution is -2.14. The van der Waals surface area contributed by atoms with E-state index >= 15 is 0 Å². The molecule has 0 aromatic heterocycles. The molecule has 0 atom stereocenters. The molecule has 0 saturated heterocycles. The van der Waals surface area contributed by atoms with Crippen molar-refractivity contribution in [1.29, 1.82) is 10.5 Å². The van der Waals surface area contributed by atoms with E-state index in [2.05, 4.69) is 10.6 Å². The summed E-state index contributed by atoms with van der Waals surface area (Å²) in [6.07, 6.45) is 1.17. The van der Waals surface area contributed by atoms with Crippen molar-refractivity contribution < 1.29 is 9.72 Å². The van der Waals surface area contributed by atoms with E-state index in [4.69, 9.17) is 10.5 Å². The fourth-order valence-electron chi connectivity index (χ4n) is 1.90. The maximum Gasteiger partial charge on any atom is 0.271 e. The highest BCUT2D eigenvalue weighted by atomic mass is 16.6. The minimum absolute atomic E-state index is 0.179. The lowest BCUT2D eigenvalue weighted by molar-refractivity contribution is -0.384. The summed E-state index contributed by atoms with van der Waals surface area (Å²) in [6, 6.07) is 15.7. The third kappa shape index (κ3) is 4.41. The number of carbonyl (C=O) groups excluding carboxylic acids is 1. The Balaban J connectivity index is 2.16. The van der Waals surface area contributed by atoms with Crippen LogP contribution >= 0.6 is 0 Å². The summed E-state index contributed by atoms with van der Waals surface area (Å²) >= 11 is 0. The minimum Gasteiger partial charge on any atom is -0.359 e. The first-order valence-electron chi connectivity index (χ1n) is 6.97. The first kappa shape index (κ1) is 17.2. The van der Waals surface area contributed by atoms with Crippen molar-refractivity contribution in [3.05, 3.63) is 76.0 Å². The zero-order chi connectivity index (χ0) is 18.2. The van der Waals surface area contributed by atoms with Crippen molar-refractivity contribution in [2.45, 2.75) is 0 Å². The van der Waals surface area contributed by atoms with Gasteiger partial charge in [-0.3, -0.25) is 14.9 Å². The Hall–Kier alpha value is -4.17. The predicted octanol–water partition coefficient (Wildman–Crippen LogP) is 2.92. The van der Waals surface area contributed by atoms with Gasteiger partial charge in [0.25, 0.3) is 11.6 Å². The number of nitriles is 2. The number of nitro groups is 1. The Morgan fingerprint density at radius 2 is 1.92 bits per heavy atom. The van der Waals surface area contributed by atoms with Gasteiger partial charge in [0.2, 0.25) is 0 Å². The number of nitrogens with zero attached hydrogens (tertiary/aromatic N) is 3. The van der Waals surface area contributed by atoms with Crippen LogP contribution < -0.4 is 10.6 Å². The van der Waals surface area contributed by atoms with E-state index in [1.165, 1.54) is 30.5 Å². The Labute approximate surface area is 142 Å². The number of carbonyl (C=O) groups is 1. The van der Waals surface area contributed by atoms with Gasteiger partial charge >= 0.3 is 0 Å². The van der Waals surface area contributed by atoms with Crippen LogP contribution in [0.5, 0.6) is 0 Å². The van der Waals surface area contributed by atoms with Gasteiger partial charge in [0.1, 0.15) is 17.7 Å². The quantitative estimate of drug-likeness (QED) is 0.374. The largest absolute Gasteiger partial charge is 0.359 e. The molecule has 25 heavy (non-hydrogen) atoms. The smallest absolute Gasteiger partial charge is 0.271 e. The topological polar surface area (TPSA) is 132 Å². The molecule has 2 aromatic rings. The van der Waals surface area contributed by atoms with Crippen molar-refractivity contribution >= 4 is 23.0 Å². The highest BCUT2D eigenvalue weighted by Crippen LogP contribution is 2.18. The first-order valence-corrected chi connectivity index (χ1v) is 6.97. The zero-order valence-electron chi connectivity index (χ0n) is 12.8. The van der Waals surface area contributed by atoms with Crippen molar-refractivity contribution in [1.82, 2.24) is 0 Å². The maximum atomic E-state index is 12.1. The standard InChI is InChI=1S/C17H11N5O3/c18-9-12-4-1-2-7-16(12)20-11-13(10-19)17(23)21-14-5-3-6-15(8-14)22(24)25/h1-8,11,20H,(H,21,23)/b13-11-. The average Bonchev–Trinajstić information content (AvgIpc) is 2.62. The highest BCUT2D eigenvalue weighted by molar-refractivity contribution is 6.06. The van der Waals surface area contributed by atoms with Gasteiger partial charge in [0.15, 0.2) is 0 Å². The van der Waals surface area contributed by atoms with Gasteiger partial charge in [-0.25, -0.2) is 0 Å². The van der Waals surface area contributed by atoms with Crippen LogP contribution in [0, 0.1) is 32.8 Å². The van der Waals surface area contributed by atoms with Crippen molar-refractivity contribution in [3.8, 4) is 12.1 Å². The number of non-ortho nitro benzene ring substituents is 1.